The number of amides is 1. The Morgan fingerprint density at radius 2 is 1.94 bits per heavy atom. The molecule has 2 aromatic rings. The van der Waals surface area contributed by atoms with Gasteiger partial charge in [0.1, 0.15) is 0 Å². The molecule has 1 saturated heterocycles. The van der Waals surface area contributed by atoms with Crippen molar-refractivity contribution in [3.05, 3.63) is 64.7 Å². The monoisotopic (exact) mass is 457 g/mol. The fraction of sp³-hybridized carbons (Fsp3) is 0.458. The van der Waals surface area contributed by atoms with Gasteiger partial charge in [-0.05, 0) is 55.5 Å². The molecule has 1 aliphatic carbocycles. The van der Waals surface area contributed by atoms with Crippen LogP contribution in [0.5, 0.6) is 0 Å². The second kappa shape index (κ2) is 9.70. The maximum Gasteiger partial charge on any atom is 0.251 e. The molecule has 0 aromatic heterocycles. The lowest BCUT2D eigenvalue weighted by Gasteiger charge is -2.31. The van der Waals surface area contributed by atoms with Gasteiger partial charge in [0, 0.05) is 37.8 Å². The molecule has 1 atom stereocenters. The molecule has 32 heavy (non-hydrogen) atoms. The second-order valence-corrected chi connectivity index (χ2v) is 10.5. The molecule has 2 aliphatic rings. The first-order valence-corrected chi connectivity index (χ1v) is 12.6. The maximum atomic E-state index is 12.8. The van der Waals surface area contributed by atoms with Crippen LogP contribution in [0.3, 0.4) is 0 Å². The number of aryl methyl sites for hydroxylation is 1. The minimum Gasteiger partial charge on any atom is -0.376 e. The van der Waals surface area contributed by atoms with E-state index in [4.69, 9.17) is 4.74 Å². The molecule has 0 bridgehead atoms. The summed E-state index contributed by atoms with van der Waals surface area (Å²) in [6.07, 6.45) is 1.97. The lowest BCUT2D eigenvalue weighted by Crippen LogP contribution is -2.40. The summed E-state index contributed by atoms with van der Waals surface area (Å²) in [7, 11) is -3.60. The SMILES string of the molecule is Cc1ccc(S(=O)(=O)NC2CC2)cc1C(=O)NCc1cccc(CN2CCOC(C)C2)c1. The average Bonchev–Trinajstić information content (AvgIpc) is 3.56. The molecule has 0 spiro atoms. The average molecular weight is 458 g/mol. The zero-order valence-electron chi connectivity index (χ0n) is 18.6. The topological polar surface area (TPSA) is 87.7 Å². The molecule has 1 amide bonds. The van der Waals surface area contributed by atoms with E-state index in [1.807, 2.05) is 19.1 Å². The lowest BCUT2D eigenvalue weighted by atomic mass is 10.1. The summed E-state index contributed by atoms with van der Waals surface area (Å²) in [6.45, 7) is 7.70. The molecule has 172 valence electrons. The standard InChI is InChI=1S/C24H31N3O4S/c1-17-6-9-22(32(29,30)26-21-7-8-21)13-23(17)24(28)25-14-19-4-3-5-20(12-19)16-27-10-11-31-18(2)15-27/h3-6,9,12-13,18,21,26H,7-8,10-11,14-16H2,1-2H3,(H,25,28). The third-order valence-corrected chi connectivity index (χ3v) is 7.36. The van der Waals surface area contributed by atoms with Gasteiger partial charge in [-0.2, -0.15) is 0 Å². The van der Waals surface area contributed by atoms with Crippen molar-refractivity contribution >= 4 is 15.9 Å². The van der Waals surface area contributed by atoms with Gasteiger partial charge in [-0.1, -0.05) is 30.3 Å². The predicted octanol–water partition coefficient (Wildman–Crippen LogP) is 2.59. The number of nitrogens with zero attached hydrogens (tertiary/aromatic N) is 1. The van der Waals surface area contributed by atoms with Crippen LogP contribution in [0.25, 0.3) is 0 Å². The Kier molecular flexibility index (Phi) is 6.95. The number of ether oxygens (including phenoxy) is 1. The van der Waals surface area contributed by atoms with Crippen LogP contribution in [0.2, 0.25) is 0 Å². The first kappa shape index (κ1) is 22.9. The Morgan fingerprint density at radius 1 is 1.16 bits per heavy atom. The van der Waals surface area contributed by atoms with Crippen molar-refractivity contribution in [3.63, 3.8) is 0 Å². The summed E-state index contributed by atoms with van der Waals surface area (Å²) in [5, 5.41) is 2.94. The summed E-state index contributed by atoms with van der Waals surface area (Å²) >= 11 is 0. The molecule has 1 aliphatic heterocycles. The molecule has 2 fully saturated rings. The van der Waals surface area contributed by atoms with Gasteiger partial charge in [0.25, 0.3) is 5.91 Å². The van der Waals surface area contributed by atoms with Crippen LogP contribution in [0.15, 0.2) is 47.4 Å². The molecule has 0 radical (unpaired) electrons. The number of benzene rings is 2. The van der Waals surface area contributed by atoms with Gasteiger partial charge in [-0.15, -0.1) is 0 Å². The van der Waals surface area contributed by atoms with E-state index < -0.39 is 10.0 Å². The number of rotatable bonds is 8. The number of sulfonamides is 1. The molecule has 4 rings (SSSR count). The van der Waals surface area contributed by atoms with Crippen LogP contribution in [0.1, 0.15) is 46.8 Å². The predicted molar refractivity (Wildman–Crippen MR) is 123 cm³/mol. The van der Waals surface area contributed by atoms with Gasteiger partial charge >= 0.3 is 0 Å². The molecule has 8 heteroatoms. The largest absolute Gasteiger partial charge is 0.376 e. The fourth-order valence-corrected chi connectivity index (χ4v) is 5.24. The summed E-state index contributed by atoms with van der Waals surface area (Å²) in [6, 6.07) is 12.9. The number of hydrogen-bond donors (Lipinski definition) is 2. The van der Waals surface area contributed by atoms with Crippen molar-refractivity contribution in [1.29, 1.82) is 0 Å². The molecule has 1 unspecified atom stereocenters. The molecule has 7 nitrogen and oxygen atoms in total. The van der Waals surface area contributed by atoms with Gasteiger partial charge in [0.05, 0.1) is 17.6 Å². The van der Waals surface area contributed by atoms with E-state index in [1.54, 1.807) is 12.1 Å². The third-order valence-electron chi connectivity index (χ3n) is 5.84. The molecule has 2 aromatic carbocycles. The van der Waals surface area contributed by atoms with Gasteiger partial charge in [-0.3, -0.25) is 9.69 Å². The second-order valence-electron chi connectivity index (χ2n) is 8.79. The van der Waals surface area contributed by atoms with Crippen molar-refractivity contribution < 1.29 is 17.9 Å². The number of carbonyl (C=O) groups is 1. The maximum absolute atomic E-state index is 12.8. The Bertz CT molecular complexity index is 1080. The third kappa shape index (κ3) is 5.95. The van der Waals surface area contributed by atoms with E-state index in [0.717, 1.165) is 50.2 Å². The smallest absolute Gasteiger partial charge is 0.251 e. The zero-order chi connectivity index (χ0) is 22.7. The van der Waals surface area contributed by atoms with E-state index in [0.29, 0.717) is 12.1 Å². The molecule has 1 heterocycles. The van der Waals surface area contributed by atoms with Crippen molar-refractivity contribution in [2.75, 3.05) is 19.7 Å². The number of carbonyl (C=O) groups excluding carboxylic acids is 1. The minimum absolute atomic E-state index is 0.0199. The van der Waals surface area contributed by atoms with E-state index in [-0.39, 0.29) is 22.9 Å². The van der Waals surface area contributed by atoms with Gasteiger partial charge in [-0.25, -0.2) is 13.1 Å². The Labute approximate surface area is 190 Å². The molecule has 1 saturated carbocycles. The highest BCUT2D eigenvalue weighted by Gasteiger charge is 2.28. The number of hydrogen-bond acceptors (Lipinski definition) is 5. The Balaban J connectivity index is 1.40. The fourth-order valence-electron chi connectivity index (χ4n) is 3.91. The van der Waals surface area contributed by atoms with Gasteiger partial charge in [0.15, 0.2) is 0 Å². The van der Waals surface area contributed by atoms with Crippen LogP contribution >= 0.6 is 0 Å². The highest BCUT2D eigenvalue weighted by Crippen LogP contribution is 2.23. The molecule has 2 N–H and O–H groups in total. The van der Waals surface area contributed by atoms with Crippen molar-refractivity contribution in [2.45, 2.75) is 56.8 Å². The lowest BCUT2D eigenvalue weighted by molar-refractivity contribution is -0.0212. The first-order valence-electron chi connectivity index (χ1n) is 11.1. The minimum atomic E-state index is -3.60. The van der Waals surface area contributed by atoms with Crippen molar-refractivity contribution in [2.24, 2.45) is 0 Å². The highest BCUT2D eigenvalue weighted by molar-refractivity contribution is 7.89. The summed E-state index contributed by atoms with van der Waals surface area (Å²) in [5.74, 6) is -0.279. The van der Waals surface area contributed by atoms with Gasteiger partial charge < -0.3 is 10.1 Å². The normalized spacial score (nSPS) is 19.6. The first-order chi connectivity index (χ1) is 15.3. The van der Waals surface area contributed by atoms with Crippen molar-refractivity contribution in [1.82, 2.24) is 14.9 Å². The van der Waals surface area contributed by atoms with Gasteiger partial charge in [0.2, 0.25) is 10.0 Å². The zero-order valence-corrected chi connectivity index (χ0v) is 19.5. The van der Waals surface area contributed by atoms with E-state index in [2.05, 4.69) is 34.0 Å². The number of morpholine rings is 1. The Morgan fingerprint density at radius 3 is 2.69 bits per heavy atom. The van der Waals surface area contributed by atoms with Crippen LogP contribution in [0.4, 0.5) is 0 Å². The number of nitrogens with one attached hydrogen (secondary N) is 2. The van der Waals surface area contributed by atoms with Crippen molar-refractivity contribution in [3.8, 4) is 0 Å². The van der Waals surface area contributed by atoms with E-state index in [9.17, 15) is 13.2 Å². The van der Waals surface area contributed by atoms with Crippen LogP contribution in [-0.4, -0.2) is 51.1 Å². The Hall–Kier alpha value is -2.26. The highest BCUT2D eigenvalue weighted by atomic mass is 32.2. The van der Waals surface area contributed by atoms with Crippen LogP contribution in [-0.2, 0) is 27.8 Å². The molecular formula is C24H31N3O4S. The summed E-state index contributed by atoms with van der Waals surface area (Å²) in [5.41, 5.74) is 3.32. The van der Waals surface area contributed by atoms with Crippen LogP contribution < -0.4 is 10.0 Å². The quantitative estimate of drug-likeness (QED) is 0.636. The van der Waals surface area contributed by atoms with E-state index in [1.165, 1.54) is 11.6 Å². The van der Waals surface area contributed by atoms with Crippen LogP contribution in [0, 0.1) is 6.92 Å². The molecular weight excluding hydrogens is 426 g/mol. The summed E-state index contributed by atoms with van der Waals surface area (Å²) < 4.78 is 33.3. The van der Waals surface area contributed by atoms with E-state index >= 15 is 0 Å². The summed E-state index contributed by atoms with van der Waals surface area (Å²) in [4.78, 5) is 15.3.